The molecule has 1 atom stereocenters. The lowest BCUT2D eigenvalue weighted by Crippen LogP contribution is -2.49. The van der Waals surface area contributed by atoms with Gasteiger partial charge in [-0.05, 0) is 32.1 Å². The fourth-order valence-corrected chi connectivity index (χ4v) is 1.65. The van der Waals surface area contributed by atoms with Crippen molar-refractivity contribution in [3.05, 3.63) is 0 Å². The first-order valence-corrected chi connectivity index (χ1v) is 4.90. The van der Waals surface area contributed by atoms with E-state index in [4.69, 9.17) is 4.74 Å². The van der Waals surface area contributed by atoms with Crippen LogP contribution in [0.4, 0.5) is 0 Å². The normalized spacial score (nSPS) is 23.2. The lowest BCUT2D eigenvalue weighted by Gasteiger charge is -2.40. The van der Waals surface area contributed by atoms with Gasteiger partial charge in [0.25, 0.3) is 0 Å². The predicted octanol–water partition coefficient (Wildman–Crippen LogP) is 1.80. The maximum absolute atomic E-state index is 5.08. The summed E-state index contributed by atoms with van der Waals surface area (Å²) in [5.41, 5.74) is 0.446. The second kappa shape index (κ2) is 4.24. The Morgan fingerprint density at radius 2 is 2.17 bits per heavy atom. The molecule has 1 fully saturated rings. The molecule has 1 aliphatic carbocycles. The molecule has 0 bridgehead atoms. The van der Waals surface area contributed by atoms with Crippen molar-refractivity contribution in [2.75, 3.05) is 20.3 Å². The number of ether oxygens (including phenoxy) is 1. The molecular weight excluding hydrogens is 150 g/mol. The molecule has 12 heavy (non-hydrogen) atoms. The Hall–Kier alpha value is -0.0800. The molecule has 1 rings (SSSR count). The fourth-order valence-electron chi connectivity index (χ4n) is 1.65. The van der Waals surface area contributed by atoms with E-state index in [-0.39, 0.29) is 0 Å². The fraction of sp³-hybridized carbons (Fsp3) is 1.00. The van der Waals surface area contributed by atoms with Crippen LogP contribution in [0.3, 0.4) is 0 Å². The van der Waals surface area contributed by atoms with Crippen LogP contribution in [0, 0.1) is 5.92 Å². The number of rotatable bonds is 5. The number of nitrogens with one attached hydrogen (secondary N) is 1. The molecule has 0 spiro atoms. The summed E-state index contributed by atoms with van der Waals surface area (Å²) in [4.78, 5) is 0. The predicted molar refractivity (Wildman–Crippen MR) is 51.3 cm³/mol. The van der Waals surface area contributed by atoms with Gasteiger partial charge in [0.15, 0.2) is 0 Å². The SMILES string of the molecule is COCC(C)CNC1(C)CCC1. The molecule has 0 amide bonds. The average Bonchev–Trinajstić information content (AvgIpc) is 1.98. The van der Waals surface area contributed by atoms with E-state index in [1.165, 1.54) is 19.3 Å². The first-order valence-electron chi connectivity index (χ1n) is 4.90. The third-order valence-electron chi connectivity index (χ3n) is 2.79. The van der Waals surface area contributed by atoms with Crippen LogP contribution in [0.25, 0.3) is 0 Å². The molecule has 2 heteroatoms. The van der Waals surface area contributed by atoms with Crippen LogP contribution >= 0.6 is 0 Å². The lowest BCUT2D eigenvalue weighted by molar-refractivity contribution is 0.139. The molecule has 0 aromatic carbocycles. The van der Waals surface area contributed by atoms with Gasteiger partial charge in [0.2, 0.25) is 0 Å². The minimum absolute atomic E-state index is 0.446. The highest BCUT2D eigenvalue weighted by Gasteiger charge is 2.30. The van der Waals surface area contributed by atoms with Gasteiger partial charge in [-0.3, -0.25) is 0 Å². The van der Waals surface area contributed by atoms with Crippen molar-refractivity contribution in [2.24, 2.45) is 5.92 Å². The van der Waals surface area contributed by atoms with Crippen LogP contribution < -0.4 is 5.32 Å². The topological polar surface area (TPSA) is 21.3 Å². The molecule has 1 unspecified atom stereocenters. The van der Waals surface area contributed by atoms with E-state index in [0.29, 0.717) is 11.5 Å². The van der Waals surface area contributed by atoms with Crippen molar-refractivity contribution >= 4 is 0 Å². The second-order valence-corrected chi connectivity index (χ2v) is 4.36. The van der Waals surface area contributed by atoms with E-state index < -0.39 is 0 Å². The van der Waals surface area contributed by atoms with E-state index in [1.807, 2.05) is 0 Å². The Bertz CT molecular complexity index is 132. The molecule has 2 nitrogen and oxygen atoms in total. The first-order chi connectivity index (χ1) is 5.66. The van der Waals surface area contributed by atoms with Gasteiger partial charge >= 0.3 is 0 Å². The summed E-state index contributed by atoms with van der Waals surface area (Å²) >= 11 is 0. The minimum Gasteiger partial charge on any atom is -0.384 e. The highest BCUT2D eigenvalue weighted by Crippen LogP contribution is 2.30. The van der Waals surface area contributed by atoms with E-state index in [0.717, 1.165) is 13.2 Å². The van der Waals surface area contributed by atoms with Crippen molar-refractivity contribution in [3.8, 4) is 0 Å². The van der Waals surface area contributed by atoms with E-state index in [9.17, 15) is 0 Å². The van der Waals surface area contributed by atoms with Crippen molar-refractivity contribution in [1.82, 2.24) is 5.32 Å². The monoisotopic (exact) mass is 171 g/mol. The second-order valence-electron chi connectivity index (χ2n) is 4.36. The van der Waals surface area contributed by atoms with Crippen molar-refractivity contribution in [1.29, 1.82) is 0 Å². The summed E-state index contributed by atoms with van der Waals surface area (Å²) < 4.78 is 5.08. The molecule has 0 aliphatic heterocycles. The Morgan fingerprint density at radius 3 is 2.58 bits per heavy atom. The molecule has 0 heterocycles. The van der Waals surface area contributed by atoms with Crippen LogP contribution in [0.2, 0.25) is 0 Å². The van der Waals surface area contributed by atoms with Crippen LogP contribution in [0.15, 0.2) is 0 Å². The van der Waals surface area contributed by atoms with Gasteiger partial charge in [0.1, 0.15) is 0 Å². The summed E-state index contributed by atoms with van der Waals surface area (Å²) in [5.74, 6) is 0.632. The van der Waals surface area contributed by atoms with Gasteiger partial charge in [-0.1, -0.05) is 6.92 Å². The minimum atomic E-state index is 0.446. The molecule has 0 saturated heterocycles. The number of hydrogen-bond donors (Lipinski definition) is 1. The number of methoxy groups -OCH3 is 1. The zero-order valence-electron chi connectivity index (χ0n) is 8.52. The maximum Gasteiger partial charge on any atom is 0.0499 e. The quantitative estimate of drug-likeness (QED) is 0.681. The van der Waals surface area contributed by atoms with Gasteiger partial charge in [-0.25, -0.2) is 0 Å². The van der Waals surface area contributed by atoms with Gasteiger partial charge in [0, 0.05) is 25.8 Å². The Kier molecular flexibility index (Phi) is 3.53. The molecule has 1 aliphatic rings. The van der Waals surface area contributed by atoms with E-state index in [2.05, 4.69) is 19.2 Å². The third kappa shape index (κ3) is 2.76. The van der Waals surface area contributed by atoms with Crippen molar-refractivity contribution in [2.45, 2.75) is 38.6 Å². The molecule has 1 N–H and O–H groups in total. The van der Waals surface area contributed by atoms with Gasteiger partial charge in [0.05, 0.1) is 0 Å². The third-order valence-corrected chi connectivity index (χ3v) is 2.79. The van der Waals surface area contributed by atoms with E-state index >= 15 is 0 Å². The lowest BCUT2D eigenvalue weighted by atomic mass is 9.78. The molecule has 72 valence electrons. The number of hydrogen-bond acceptors (Lipinski definition) is 2. The standard InChI is InChI=1S/C10H21NO/c1-9(8-12-3)7-11-10(2)5-4-6-10/h9,11H,4-8H2,1-3H3. The molecule has 0 radical (unpaired) electrons. The van der Waals surface area contributed by atoms with Crippen LogP contribution in [-0.4, -0.2) is 25.8 Å². The van der Waals surface area contributed by atoms with Gasteiger partial charge < -0.3 is 10.1 Å². The zero-order valence-corrected chi connectivity index (χ0v) is 8.52. The Balaban J connectivity index is 2.07. The first kappa shape index (κ1) is 10.0. The summed E-state index contributed by atoms with van der Waals surface area (Å²) in [5, 5.41) is 3.60. The summed E-state index contributed by atoms with van der Waals surface area (Å²) in [6, 6.07) is 0. The van der Waals surface area contributed by atoms with Crippen LogP contribution in [-0.2, 0) is 4.74 Å². The smallest absolute Gasteiger partial charge is 0.0499 e. The highest BCUT2D eigenvalue weighted by atomic mass is 16.5. The summed E-state index contributed by atoms with van der Waals surface area (Å²) in [7, 11) is 1.77. The van der Waals surface area contributed by atoms with E-state index in [1.54, 1.807) is 7.11 Å². The van der Waals surface area contributed by atoms with Crippen molar-refractivity contribution in [3.63, 3.8) is 0 Å². The van der Waals surface area contributed by atoms with Gasteiger partial charge in [-0.2, -0.15) is 0 Å². The Morgan fingerprint density at radius 1 is 1.50 bits per heavy atom. The highest BCUT2D eigenvalue weighted by molar-refractivity contribution is 4.91. The van der Waals surface area contributed by atoms with Gasteiger partial charge in [-0.15, -0.1) is 0 Å². The average molecular weight is 171 g/mol. The molecule has 0 aromatic rings. The summed E-state index contributed by atoms with van der Waals surface area (Å²) in [6.07, 6.45) is 4.07. The maximum atomic E-state index is 5.08. The van der Waals surface area contributed by atoms with Crippen LogP contribution in [0.1, 0.15) is 33.1 Å². The Labute approximate surface area is 75.7 Å². The molecular formula is C10H21NO. The molecule has 1 saturated carbocycles. The molecule has 0 aromatic heterocycles. The van der Waals surface area contributed by atoms with Crippen LogP contribution in [0.5, 0.6) is 0 Å². The summed E-state index contributed by atoms with van der Waals surface area (Å²) in [6.45, 7) is 6.49. The zero-order chi connectivity index (χ0) is 9.03. The largest absolute Gasteiger partial charge is 0.384 e. The van der Waals surface area contributed by atoms with Crippen molar-refractivity contribution < 1.29 is 4.74 Å².